The molecule has 0 unspecified atom stereocenters. The van der Waals surface area contributed by atoms with Crippen molar-refractivity contribution >= 4 is 23.8 Å². The molecule has 2 aromatic rings. The molecule has 20 heavy (non-hydrogen) atoms. The highest BCUT2D eigenvalue weighted by Crippen LogP contribution is 2.32. The van der Waals surface area contributed by atoms with E-state index in [0.29, 0.717) is 5.75 Å². The molecule has 0 aliphatic heterocycles. The van der Waals surface area contributed by atoms with E-state index in [1.165, 1.54) is 0 Å². The zero-order valence-corrected chi connectivity index (χ0v) is 12.6. The second-order valence-electron chi connectivity index (χ2n) is 4.39. The van der Waals surface area contributed by atoms with Gasteiger partial charge in [-0.25, -0.2) is 0 Å². The summed E-state index contributed by atoms with van der Waals surface area (Å²) >= 11 is 6.28. The fourth-order valence-electron chi connectivity index (χ4n) is 2.02. The van der Waals surface area contributed by atoms with Crippen LogP contribution < -0.4 is 9.47 Å². The van der Waals surface area contributed by atoms with E-state index in [-0.39, 0.29) is 0 Å². The van der Waals surface area contributed by atoms with Crippen molar-refractivity contribution in [1.29, 1.82) is 0 Å². The van der Waals surface area contributed by atoms with Gasteiger partial charge in [0.25, 0.3) is 0 Å². The Hall–Kier alpha value is -1.93. The Bertz CT molecular complexity index is 633. The number of hydrogen-bond acceptors (Lipinski definition) is 2. The van der Waals surface area contributed by atoms with Crippen molar-refractivity contribution in [2.45, 2.75) is 6.92 Å². The molecular formula is C17H17ClO2. The highest BCUT2D eigenvalue weighted by molar-refractivity contribution is 6.32. The summed E-state index contributed by atoms with van der Waals surface area (Å²) in [5, 5.41) is 0.769. The van der Waals surface area contributed by atoms with Gasteiger partial charge in [-0.3, -0.25) is 0 Å². The normalized spacial score (nSPS) is 10.8. The minimum Gasteiger partial charge on any atom is -0.493 e. The number of rotatable bonds is 4. The number of benzene rings is 2. The van der Waals surface area contributed by atoms with Gasteiger partial charge in [0, 0.05) is 5.56 Å². The van der Waals surface area contributed by atoms with Crippen molar-refractivity contribution in [3.05, 3.63) is 58.1 Å². The second-order valence-corrected chi connectivity index (χ2v) is 4.77. The van der Waals surface area contributed by atoms with Crippen LogP contribution in [-0.4, -0.2) is 14.2 Å². The molecule has 0 saturated heterocycles. The topological polar surface area (TPSA) is 18.5 Å². The standard InChI is InChI=1S/C17H17ClO2/c1-12-6-4-7-13(16(12)18)10-11-14-8-5-9-15(19-2)17(14)20-3/h4-11H,1-3H3/b11-10-. The molecule has 2 nitrogen and oxygen atoms in total. The first-order chi connectivity index (χ1) is 9.67. The van der Waals surface area contributed by atoms with Crippen molar-refractivity contribution in [2.24, 2.45) is 0 Å². The number of methoxy groups -OCH3 is 2. The summed E-state index contributed by atoms with van der Waals surface area (Å²) in [6.07, 6.45) is 3.95. The van der Waals surface area contributed by atoms with Crippen LogP contribution in [-0.2, 0) is 0 Å². The predicted octanol–water partition coefficient (Wildman–Crippen LogP) is 4.84. The molecule has 2 aromatic carbocycles. The van der Waals surface area contributed by atoms with Crippen LogP contribution in [0.25, 0.3) is 12.2 Å². The van der Waals surface area contributed by atoms with E-state index < -0.39 is 0 Å². The summed E-state index contributed by atoms with van der Waals surface area (Å²) in [7, 11) is 3.26. The maximum absolute atomic E-state index is 6.28. The largest absolute Gasteiger partial charge is 0.493 e. The molecule has 0 radical (unpaired) electrons. The summed E-state index contributed by atoms with van der Waals surface area (Å²) in [4.78, 5) is 0. The second kappa shape index (κ2) is 6.49. The van der Waals surface area contributed by atoms with Gasteiger partial charge in [-0.2, -0.15) is 0 Å². The molecule has 0 aliphatic carbocycles. The maximum Gasteiger partial charge on any atom is 0.167 e. The molecule has 0 fully saturated rings. The summed E-state index contributed by atoms with van der Waals surface area (Å²) in [5.41, 5.74) is 2.99. The predicted molar refractivity (Wildman–Crippen MR) is 84.7 cm³/mol. The van der Waals surface area contributed by atoms with E-state index >= 15 is 0 Å². The molecule has 0 atom stereocenters. The molecule has 0 aliphatic rings. The SMILES string of the molecule is COc1cccc(/C=C\c2cccc(C)c2Cl)c1OC. The summed E-state index contributed by atoms with van der Waals surface area (Å²) in [6, 6.07) is 11.7. The molecule has 0 aromatic heterocycles. The Morgan fingerprint density at radius 2 is 1.55 bits per heavy atom. The molecule has 104 valence electrons. The first kappa shape index (κ1) is 14.5. The van der Waals surface area contributed by atoms with Crippen molar-refractivity contribution < 1.29 is 9.47 Å². The fourth-order valence-corrected chi connectivity index (χ4v) is 2.21. The molecule has 0 amide bonds. The quantitative estimate of drug-likeness (QED) is 0.750. The lowest BCUT2D eigenvalue weighted by molar-refractivity contribution is 0.354. The first-order valence-corrected chi connectivity index (χ1v) is 6.69. The van der Waals surface area contributed by atoms with Crippen molar-refractivity contribution in [3.63, 3.8) is 0 Å². The third-order valence-corrected chi connectivity index (χ3v) is 3.61. The number of halogens is 1. The third-order valence-electron chi connectivity index (χ3n) is 3.10. The number of hydrogen-bond donors (Lipinski definition) is 0. The molecule has 0 bridgehead atoms. The highest BCUT2D eigenvalue weighted by Gasteiger charge is 2.07. The smallest absolute Gasteiger partial charge is 0.167 e. The Labute approximate surface area is 124 Å². The van der Waals surface area contributed by atoms with Gasteiger partial charge in [0.2, 0.25) is 0 Å². The lowest BCUT2D eigenvalue weighted by Crippen LogP contribution is -1.92. The molecule has 0 heterocycles. The third kappa shape index (κ3) is 2.97. The van der Waals surface area contributed by atoms with Crippen molar-refractivity contribution in [1.82, 2.24) is 0 Å². The molecule has 0 N–H and O–H groups in total. The molecule has 0 saturated carbocycles. The van der Waals surface area contributed by atoms with E-state index in [9.17, 15) is 0 Å². The zero-order valence-electron chi connectivity index (χ0n) is 11.8. The van der Waals surface area contributed by atoms with E-state index in [1.54, 1.807) is 14.2 Å². The number of aryl methyl sites for hydroxylation is 1. The summed E-state index contributed by atoms with van der Waals surface area (Å²) < 4.78 is 10.7. The minimum atomic E-state index is 0.713. The van der Waals surface area contributed by atoms with Crippen LogP contribution in [0.1, 0.15) is 16.7 Å². The van der Waals surface area contributed by atoms with Gasteiger partial charge >= 0.3 is 0 Å². The van der Waals surface area contributed by atoms with Gasteiger partial charge in [-0.15, -0.1) is 0 Å². The highest BCUT2D eigenvalue weighted by atomic mass is 35.5. The first-order valence-electron chi connectivity index (χ1n) is 6.31. The average Bonchev–Trinajstić information content (AvgIpc) is 2.48. The number of para-hydroxylation sites is 1. The van der Waals surface area contributed by atoms with Crippen LogP contribution in [0.4, 0.5) is 0 Å². The lowest BCUT2D eigenvalue weighted by Gasteiger charge is -2.10. The minimum absolute atomic E-state index is 0.713. The number of ether oxygens (including phenoxy) is 2. The van der Waals surface area contributed by atoms with Crippen molar-refractivity contribution in [2.75, 3.05) is 14.2 Å². The van der Waals surface area contributed by atoms with E-state index in [0.717, 1.165) is 27.5 Å². The molecular weight excluding hydrogens is 272 g/mol. The Morgan fingerprint density at radius 3 is 2.25 bits per heavy atom. The van der Waals surface area contributed by atoms with Crippen LogP contribution in [0.15, 0.2) is 36.4 Å². The zero-order chi connectivity index (χ0) is 14.5. The van der Waals surface area contributed by atoms with Crippen LogP contribution in [0.3, 0.4) is 0 Å². The maximum atomic E-state index is 6.28. The summed E-state index contributed by atoms with van der Waals surface area (Å²) in [5.74, 6) is 1.43. The van der Waals surface area contributed by atoms with Gasteiger partial charge in [-0.05, 0) is 24.1 Å². The van der Waals surface area contributed by atoms with Gasteiger partial charge in [0.05, 0.1) is 19.2 Å². The van der Waals surface area contributed by atoms with Crippen molar-refractivity contribution in [3.8, 4) is 11.5 Å². The van der Waals surface area contributed by atoms with Gasteiger partial charge in [0.1, 0.15) is 0 Å². The van der Waals surface area contributed by atoms with E-state index in [2.05, 4.69) is 0 Å². The van der Waals surface area contributed by atoms with Crippen LogP contribution in [0, 0.1) is 6.92 Å². The molecule has 2 rings (SSSR count). The fraction of sp³-hybridized carbons (Fsp3) is 0.176. The Kier molecular flexibility index (Phi) is 4.70. The average molecular weight is 289 g/mol. The summed E-state index contributed by atoms with van der Waals surface area (Å²) in [6.45, 7) is 1.99. The van der Waals surface area contributed by atoms with E-state index in [4.69, 9.17) is 21.1 Å². The lowest BCUT2D eigenvalue weighted by atomic mass is 10.1. The van der Waals surface area contributed by atoms with Gasteiger partial charge in [-0.1, -0.05) is 54.1 Å². The Morgan fingerprint density at radius 1 is 0.900 bits per heavy atom. The molecule has 3 heteroatoms. The van der Waals surface area contributed by atoms with Crippen LogP contribution in [0.2, 0.25) is 5.02 Å². The van der Waals surface area contributed by atoms with Crippen LogP contribution >= 0.6 is 11.6 Å². The van der Waals surface area contributed by atoms with E-state index in [1.807, 2.05) is 55.5 Å². The van der Waals surface area contributed by atoms with Gasteiger partial charge in [0.15, 0.2) is 11.5 Å². The van der Waals surface area contributed by atoms with Crippen LogP contribution in [0.5, 0.6) is 11.5 Å². The molecule has 0 spiro atoms. The Balaban J connectivity index is 2.39. The van der Waals surface area contributed by atoms with Gasteiger partial charge < -0.3 is 9.47 Å². The monoisotopic (exact) mass is 288 g/mol.